The Hall–Kier alpha value is -4.09. The fraction of sp³-hybridized carbons (Fsp3) is 0.342. The van der Waals surface area contributed by atoms with E-state index in [4.69, 9.17) is 5.73 Å². The smallest absolute Gasteiger partial charge is 0.188 e. The van der Waals surface area contributed by atoms with Gasteiger partial charge in [-0.1, -0.05) is 54.6 Å². The molecule has 6 aliphatic carbocycles. The van der Waals surface area contributed by atoms with Crippen molar-refractivity contribution in [1.82, 2.24) is 0 Å². The van der Waals surface area contributed by atoms with Crippen LogP contribution in [0.15, 0.2) is 77.9 Å². The van der Waals surface area contributed by atoms with Crippen molar-refractivity contribution in [1.29, 1.82) is 0 Å². The zero-order chi connectivity index (χ0) is 29.1. The van der Waals surface area contributed by atoms with Gasteiger partial charge < -0.3 is 11.1 Å². The summed E-state index contributed by atoms with van der Waals surface area (Å²) in [6, 6.07) is 19.4. The Kier molecular flexibility index (Phi) is 6.34. The van der Waals surface area contributed by atoms with Crippen LogP contribution in [0.3, 0.4) is 0 Å². The normalized spacial score (nSPS) is 28.8. The van der Waals surface area contributed by atoms with Gasteiger partial charge in [0, 0.05) is 23.6 Å². The number of hydrogen-bond acceptors (Lipinski definition) is 5. The topological polar surface area (TPSA) is 84.5 Å². The first kappa shape index (κ1) is 26.5. The van der Waals surface area contributed by atoms with Crippen molar-refractivity contribution in [2.75, 3.05) is 5.32 Å². The van der Waals surface area contributed by atoms with E-state index < -0.39 is 6.04 Å². The second-order valence-corrected chi connectivity index (χ2v) is 13.6. The van der Waals surface area contributed by atoms with Gasteiger partial charge in [0.05, 0.1) is 11.4 Å². The molecular formula is C38H37N3O2. The number of nitrogens with one attached hydrogen (secondary N) is 1. The van der Waals surface area contributed by atoms with Crippen LogP contribution < -0.4 is 21.5 Å². The molecule has 3 aromatic carbocycles. The molecule has 0 radical (unpaired) electrons. The van der Waals surface area contributed by atoms with Gasteiger partial charge in [0.1, 0.15) is 6.04 Å². The minimum Gasteiger partial charge on any atom is -0.360 e. The number of fused-ring (bicyclic) bond motifs is 5. The first-order valence-corrected chi connectivity index (χ1v) is 15.8. The molecule has 4 bridgehead atoms. The third kappa shape index (κ3) is 4.53. The molecule has 0 spiro atoms. The third-order valence-electron chi connectivity index (χ3n) is 10.8. The third-order valence-corrected chi connectivity index (χ3v) is 10.8. The van der Waals surface area contributed by atoms with Crippen molar-refractivity contribution in [3.05, 3.63) is 105 Å². The molecule has 1 aliphatic heterocycles. The maximum absolute atomic E-state index is 13.4. The lowest BCUT2D eigenvalue weighted by Gasteiger charge is -2.57. The molecular weight excluding hydrogens is 530 g/mol. The number of para-hydroxylation sites is 2. The highest BCUT2D eigenvalue weighted by molar-refractivity contribution is 6.32. The summed E-state index contributed by atoms with van der Waals surface area (Å²) in [4.78, 5) is 31.0. The van der Waals surface area contributed by atoms with Crippen LogP contribution in [0.25, 0.3) is 11.6 Å². The Morgan fingerprint density at radius 3 is 2.30 bits per heavy atom. The minimum absolute atomic E-state index is 0.126. The van der Waals surface area contributed by atoms with Gasteiger partial charge in [0.2, 0.25) is 0 Å². The van der Waals surface area contributed by atoms with E-state index in [0.717, 1.165) is 67.9 Å². The number of hydrogen-bond donors (Lipinski definition) is 2. The fourth-order valence-electron chi connectivity index (χ4n) is 9.45. The second-order valence-electron chi connectivity index (χ2n) is 13.6. The lowest BCUT2D eigenvalue weighted by Crippen LogP contribution is -2.50. The Bertz CT molecular complexity index is 1920. The molecule has 1 atom stereocenters. The van der Waals surface area contributed by atoms with Gasteiger partial charge in [-0.15, -0.1) is 0 Å². The van der Waals surface area contributed by atoms with Crippen molar-refractivity contribution in [2.24, 2.45) is 33.9 Å². The van der Waals surface area contributed by atoms with Gasteiger partial charge in [-0.25, -0.2) is 0 Å². The summed E-state index contributed by atoms with van der Waals surface area (Å²) < 4.78 is 0. The fourth-order valence-corrected chi connectivity index (χ4v) is 9.45. The lowest BCUT2D eigenvalue weighted by molar-refractivity contribution is -0.115. The summed E-state index contributed by atoms with van der Waals surface area (Å²) >= 11 is 0. The number of aliphatic imine (C=N–C) groups is 1. The Morgan fingerprint density at radius 2 is 1.51 bits per heavy atom. The average Bonchev–Trinajstić information content (AvgIpc) is 3.27. The van der Waals surface area contributed by atoms with E-state index in [-0.39, 0.29) is 17.0 Å². The van der Waals surface area contributed by atoms with Gasteiger partial charge in [0.15, 0.2) is 11.6 Å². The molecule has 4 fully saturated rings. The summed E-state index contributed by atoms with van der Waals surface area (Å²) in [6.45, 7) is 0. The van der Waals surface area contributed by atoms with E-state index in [2.05, 4.69) is 40.7 Å². The van der Waals surface area contributed by atoms with Crippen molar-refractivity contribution < 1.29 is 9.59 Å². The molecule has 5 heteroatoms. The molecule has 0 saturated heterocycles. The Balaban J connectivity index is 0.000000213. The van der Waals surface area contributed by atoms with Crippen molar-refractivity contribution in [2.45, 2.75) is 57.4 Å². The molecule has 4 saturated carbocycles. The number of rotatable bonds is 2. The average molecular weight is 568 g/mol. The summed E-state index contributed by atoms with van der Waals surface area (Å²) in [7, 11) is 0. The molecule has 0 amide bonds. The predicted octanol–water partition coefficient (Wildman–Crippen LogP) is 5.49. The van der Waals surface area contributed by atoms with E-state index in [9.17, 15) is 9.59 Å². The monoisotopic (exact) mass is 567 g/mol. The molecule has 5 nitrogen and oxygen atoms in total. The zero-order valence-electron chi connectivity index (χ0n) is 24.4. The standard InChI is InChI=1S/C29H29NO2.C9H8N2/c30-26-27(31)24(15-29-12-16-9-17(13-29)11-18(10-16)14-29)23-8-7-21-20-4-2-1-3-19(20)5-6-22(21)25(23)28(26)32;1-2-5-9-8(4-1)10-6-3-7-11-9/h1-5,7-8,16-18,26H,6,9-15,30H2;1-7,10H. The quantitative estimate of drug-likeness (QED) is 0.401. The van der Waals surface area contributed by atoms with Crippen LogP contribution in [0.4, 0.5) is 11.4 Å². The predicted molar refractivity (Wildman–Crippen MR) is 171 cm³/mol. The van der Waals surface area contributed by atoms with E-state index in [1.165, 1.54) is 43.7 Å². The van der Waals surface area contributed by atoms with Crippen LogP contribution in [0, 0.1) is 33.6 Å². The van der Waals surface area contributed by atoms with Crippen LogP contribution in [0.1, 0.15) is 60.9 Å². The van der Waals surface area contributed by atoms with Gasteiger partial charge in [-0.05, 0) is 119 Å². The van der Waals surface area contributed by atoms with Gasteiger partial charge >= 0.3 is 0 Å². The highest BCUT2D eigenvalue weighted by Crippen LogP contribution is 2.62. The van der Waals surface area contributed by atoms with Crippen LogP contribution in [-0.4, -0.2) is 23.8 Å². The number of allylic oxidation sites excluding steroid dienone is 1. The number of benzene rings is 3. The first-order chi connectivity index (χ1) is 21.0. The Morgan fingerprint density at radius 1 is 0.814 bits per heavy atom. The SMILES string of the molecule is C1=CNc2ccccc2N=C1.NC1C(=O)C(CC23CC4CC(CC(C4)C2)C3)=c2ccc3c(c2C1=O)CC=c1ccccc1=3. The van der Waals surface area contributed by atoms with Crippen LogP contribution in [0.2, 0.25) is 0 Å². The van der Waals surface area contributed by atoms with Crippen molar-refractivity contribution in [3.63, 3.8) is 0 Å². The second kappa shape index (κ2) is 10.3. The molecule has 1 heterocycles. The van der Waals surface area contributed by atoms with E-state index in [0.29, 0.717) is 6.42 Å². The number of carbonyl (C=O) groups is 2. The van der Waals surface area contributed by atoms with Crippen molar-refractivity contribution >= 4 is 40.8 Å². The first-order valence-electron chi connectivity index (χ1n) is 15.8. The number of nitrogens with zero attached hydrogens (tertiary/aromatic N) is 1. The molecule has 43 heavy (non-hydrogen) atoms. The Labute approximate surface area is 251 Å². The number of nitrogens with two attached hydrogens (primary N) is 1. The largest absolute Gasteiger partial charge is 0.360 e. The summed E-state index contributed by atoms with van der Waals surface area (Å²) in [5.74, 6) is 2.20. The molecule has 0 aromatic heterocycles. The summed E-state index contributed by atoms with van der Waals surface area (Å²) in [5, 5.41) is 7.49. The maximum Gasteiger partial charge on any atom is 0.188 e. The van der Waals surface area contributed by atoms with Crippen LogP contribution >= 0.6 is 0 Å². The molecule has 10 rings (SSSR count). The lowest BCUT2D eigenvalue weighted by atomic mass is 9.48. The van der Waals surface area contributed by atoms with Gasteiger partial charge in [-0.2, -0.15) is 0 Å². The molecule has 3 N–H and O–H groups in total. The van der Waals surface area contributed by atoms with Crippen molar-refractivity contribution in [3.8, 4) is 0 Å². The molecule has 1 unspecified atom stereocenters. The summed E-state index contributed by atoms with van der Waals surface area (Å²) in [5.41, 5.74) is 11.2. The highest BCUT2D eigenvalue weighted by Gasteiger charge is 2.52. The minimum atomic E-state index is -1.05. The molecule has 3 aromatic rings. The number of anilines is 1. The van der Waals surface area contributed by atoms with E-state index in [1.54, 1.807) is 6.21 Å². The number of carbonyl (C=O) groups excluding carboxylic acids is 2. The maximum atomic E-state index is 13.4. The van der Waals surface area contributed by atoms with Gasteiger partial charge in [-0.3, -0.25) is 14.6 Å². The van der Waals surface area contributed by atoms with Crippen LogP contribution in [-0.2, 0) is 11.2 Å². The number of ketones is 2. The van der Waals surface area contributed by atoms with Crippen LogP contribution in [0.5, 0.6) is 0 Å². The molecule has 216 valence electrons. The zero-order valence-corrected chi connectivity index (χ0v) is 24.4. The van der Waals surface area contributed by atoms with E-state index >= 15 is 0 Å². The number of Topliss-reactive ketones (excluding diaryl/α,β-unsaturated/α-hetero) is 2. The molecule has 7 aliphatic rings. The van der Waals surface area contributed by atoms with E-state index in [1.807, 2.05) is 48.7 Å². The summed E-state index contributed by atoms with van der Waals surface area (Å²) in [6.07, 6.45) is 17.2. The highest BCUT2D eigenvalue weighted by atomic mass is 16.2. The van der Waals surface area contributed by atoms with Gasteiger partial charge in [0.25, 0.3) is 0 Å².